The molecule has 0 aromatic heterocycles. The van der Waals surface area contributed by atoms with E-state index in [2.05, 4.69) is 15.2 Å². The fourth-order valence-corrected chi connectivity index (χ4v) is 2.49. The molecular weight excluding hydrogens is 164 g/mol. The van der Waals surface area contributed by atoms with E-state index < -0.39 is 0 Å². The van der Waals surface area contributed by atoms with Crippen molar-refractivity contribution in [1.29, 1.82) is 0 Å². The highest BCUT2D eigenvalue weighted by molar-refractivity contribution is 4.84. The maximum absolute atomic E-state index is 5.32. The summed E-state index contributed by atoms with van der Waals surface area (Å²) in [5, 5.41) is 0. The van der Waals surface area contributed by atoms with Gasteiger partial charge in [-0.3, -0.25) is 15.6 Å². The first-order valence-corrected chi connectivity index (χ1v) is 5.30. The van der Waals surface area contributed by atoms with Crippen LogP contribution in [-0.4, -0.2) is 48.7 Å². The third-order valence-corrected chi connectivity index (χ3v) is 3.24. The molecule has 2 rings (SSSR count). The van der Waals surface area contributed by atoms with Crippen molar-refractivity contribution in [1.82, 2.24) is 15.2 Å². The molecule has 1 atom stereocenters. The molecule has 76 valence electrons. The van der Waals surface area contributed by atoms with Gasteiger partial charge in [-0.05, 0) is 19.4 Å². The van der Waals surface area contributed by atoms with E-state index in [0.717, 1.165) is 12.7 Å². The van der Waals surface area contributed by atoms with Crippen LogP contribution in [0.5, 0.6) is 0 Å². The Hall–Kier alpha value is -0.160. The second-order valence-corrected chi connectivity index (χ2v) is 4.12. The van der Waals surface area contributed by atoms with Crippen LogP contribution >= 0.6 is 0 Å². The van der Waals surface area contributed by atoms with Gasteiger partial charge in [0.05, 0.1) is 6.67 Å². The summed E-state index contributed by atoms with van der Waals surface area (Å²) >= 11 is 0. The lowest BCUT2D eigenvalue weighted by molar-refractivity contribution is 0.0456. The molecule has 0 amide bonds. The van der Waals surface area contributed by atoms with Gasteiger partial charge < -0.3 is 0 Å². The molecule has 0 radical (unpaired) electrons. The molecule has 3 N–H and O–H groups in total. The Morgan fingerprint density at radius 1 is 1.23 bits per heavy atom. The van der Waals surface area contributed by atoms with E-state index in [1.165, 1.54) is 45.4 Å². The van der Waals surface area contributed by atoms with Crippen LogP contribution in [0.3, 0.4) is 0 Å². The maximum atomic E-state index is 5.32. The second kappa shape index (κ2) is 4.37. The number of nitrogens with zero attached hydrogens (tertiary/aromatic N) is 2. The monoisotopic (exact) mass is 184 g/mol. The van der Waals surface area contributed by atoms with Crippen LogP contribution < -0.4 is 11.3 Å². The molecule has 2 heterocycles. The number of nitrogens with one attached hydrogen (secondary N) is 1. The molecule has 0 aromatic rings. The van der Waals surface area contributed by atoms with Crippen LogP contribution in [0.25, 0.3) is 0 Å². The van der Waals surface area contributed by atoms with Gasteiger partial charge in [0.1, 0.15) is 0 Å². The number of piperazine rings is 1. The van der Waals surface area contributed by atoms with Gasteiger partial charge in [-0.25, -0.2) is 5.43 Å². The molecule has 2 saturated heterocycles. The van der Waals surface area contributed by atoms with Crippen molar-refractivity contribution in [2.45, 2.75) is 25.3 Å². The Morgan fingerprint density at radius 2 is 2.15 bits per heavy atom. The average Bonchev–Trinajstić information content (AvgIpc) is 2.18. The molecule has 4 nitrogen and oxygen atoms in total. The first-order chi connectivity index (χ1) is 6.40. The smallest absolute Gasteiger partial charge is 0.0613 e. The Labute approximate surface area is 80.0 Å². The van der Waals surface area contributed by atoms with E-state index in [0.29, 0.717) is 0 Å². The molecule has 0 spiro atoms. The van der Waals surface area contributed by atoms with E-state index in [1.807, 2.05) is 0 Å². The predicted octanol–water partition coefficient (Wildman–Crippen LogP) is -0.423. The first kappa shape index (κ1) is 9.40. The minimum absolute atomic E-state index is 0.802. The molecule has 2 aliphatic rings. The quantitative estimate of drug-likeness (QED) is 0.452. The van der Waals surface area contributed by atoms with E-state index >= 15 is 0 Å². The molecule has 0 aromatic carbocycles. The summed E-state index contributed by atoms with van der Waals surface area (Å²) in [4.78, 5) is 5.04. The third-order valence-electron chi connectivity index (χ3n) is 3.24. The lowest BCUT2D eigenvalue weighted by Crippen LogP contribution is -2.56. The number of hydrazine groups is 1. The number of fused-ring (bicyclic) bond motifs is 1. The topological polar surface area (TPSA) is 44.5 Å². The largest absolute Gasteiger partial charge is 0.298 e. The molecule has 2 fully saturated rings. The van der Waals surface area contributed by atoms with Crippen LogP contribution in [0.1, 0.15) is 19.3 Å². The van der Waals surface area contributed by atoms with Gasteiger partial charge in [0.2, 0.25) is 0 Å². The van der Waals surface area contributed by atoms with Crippen molar-refractivity contribution in [2.75, 3.05) is 32.8 Å². The molecule has 1 unspecified atom stereocenters. The Morgan fingerprint density at radius 3 is 3.00 bits per heavy atom. The minimum atomic E-state index is 0.802. The van der Waals surface area contributed by atoms with E-state index in [1.54, 1.807) is 0 Å². The SMILES string of the molecule is NNCN1CCN2CCCCC2C1. The van der Waals surface area contributed by atoms with E-state index in [-0.39, 0.29) is 0 Å². The van der Waals surface area contributed by atoms with Crippen LogP contribution in [-0.2, 0) is 0 Å². The van der Waals surface area contributed by atoms with Crippen molar-refractivity contribution >= 4 is 0 Å². The van der Waals surface area contributed by atoms with Crippen LogP contribution in [0.15, 0.2) is 0 Å². The Kier molecular flexibility index (Phi) is 3.16. The number of rotatable bonds is 2. The second-order valence-electron chi connectivity index (χ2n) is 4.12. The van der Waals surface area contributed by atoms with Gasteiger partial charge in [-0.15, -0.1) is 0 Å². The van der Waals surface area contributed by atoms with E-state index in [9.17, 15) is 0 Å². The minimum Gasteiger partial charge on any atom is -0.298 e. The number of nitrogens with two attached hydrogens (primary N) is 1. The van der Waals surface area contributed by atoms with Gasteiger partial charge >= 0.3 is 0 Å². The van der Waals surface area contributed by atoms with Gasteiger partial charge in [-0.1, -0.05) is 6.42 Å². The van der Waals surface area contributed by atoms with Crippen molar-refractivity contribution in [3.05, 3.63) is 0 Å². The zero-order chi connectivity index (χ0) is 9.10. The third kappa shape index (κ3) is 2.20. The van der Waals surface area contributed by atoms with Crippen molar-refractivity contribution in [2.24, 2.45) is 5.84 Å². The molecule has 0 aliphatic carbocycles. The summed E-state index contributed by atoms with van der Waals surface area (Å²) in [6.07, 6.45) is 4.18. The van der Waals surface area contributed by atoms with Gasteiger partial charge in [-0.2, -0.15) is 0 Å². The number of piperidine rings is 1. The zero-order valence-corrected chi connectivity index (χ0v) is 8.21. The number of hydrogen-bond donors (Lipinski definition) is 2. The molecule has 0 saturated carbocycles. The maximum Gasteiger partial charge on any atom is 0.0613 e. The van der Waals surface area contributed by atoms with Gasteiger partial charge in [0.25, 0.3) is 0 Å². The summed E-state index contributed by atoms with van der Waals surface area (Å²) in [7, 11) is 0. The summed E-state index contributed by atoms with van der Waals surface area (Å²) < 4.78 is 0. The molecule has 2 aliphatic heterocycles. The zero-order valence-electron chi connectivity index (χ0n) is 8.21. The first-order valence-electron chi connectivity index (χ1n) is 5.30. The highest BCUT2D eigenvalue weighted by Gasteiger charge is 2.28. The van der Waals surface area contributed by atoms with E-state index in [4.69, 9.17) is 5.84 Å². The highest BCUT2D eigenvalue weighted by atomic mass is 15.4. The molecule has 4 heteroatoms. The van der Waals surface area contributed by atoms with Crippen molar-refractivity contribution in [3.8, 4) is 0 Å². The summed E-state index contributed by atoms with van der Waals surface area (Å²) in [5.74, 6) is 5.32. The van der Waals surface area contributed by atoms with Crippen LogP contribution in [0.4, 0.5) is 0 Å². The lowest BCUT2D eigenvalue weighted by Gasteiger charge is -2.43. The molecule has 0 bridgehead atoms. The molecular formula is C9H20N4. The summed E-state index contributed by atoms with van der Waals surface area (Å²) in [5.41, 5.74) is 2.74. The van der Waals surface area contributed by atoms with Crippen molar-refractivity contribution < 1.29 is 0 Å². The molecule has 13 heavy (non-hydrogen) atoms. The Bertz CT molecular complexity index is 162. The predicted molar refractivity (Wildman–Crippen MR) is 53.0 cm³/mol. The van der Waals surface area contributed by atoms with Gasteiger partial charge in [0, 0.05) is 25.7 Å². The van der Waals surface area contributed by atoms with Crippen LogP contribution in [0.2, 0.25) is 0 Å². The Balaban J connectivity index is 1.84. The average molecular weight is 184 g/mol. The normalized spacial score (nSPS) is 31.6. The van der Waals surface area contributed by atoms with Crippen molar-refractivity contribution in [3.63, 3.8) is 0 Å². The summed E-state index contributed by atoms with van der Waals surface area (Å²) in [6.45, 7) is 5.75. The fraction of sp³-hybridized carbons (Fsp3) is 1.00. The summed E-state index contributed by atoms with van der Waals surface area (Å²) in [6, 6.07) is 0.802. The van der Waals surface area contributed by atoms with Gasteiger partial charge in [0.15, 0.2) is 0 Å². The fourth-order valence-electron chi connectivity index (χ4n) is 2.49. The highest BCUT2D eigenvalue weighted by Crippen LogP contribution is 2.20. The lowest BCUT2D eigenvalue weighted by atomic mass is 10.00. The number of hydrogen-bond acceptors (Lipinski definition) is 4. The van der Waals surface area contributed by atoms with Crippen LogP contribution in [0, 0.1) is 0 Å². The standard InChI is InChI=1S/C9H20N4/c10-11-8-12-5-6-13-4-2-1-3-9(13)7-12/h9,11H,1-8,10H2.